The second-order valence-corrected chi connectivity index (χ2v) is 6.85. The molecule has 3 heterocycles. The molecular weight excluding hydrogens is 344 g/mol. The maximum Gasteiger partial charge on any atom is 0.191 e. The van der Waals surface area contributed by atoms with Crippen molar-refractivity contribution in [3.05, 3.63) is 64.5 Å². The summed E-state index contributed by atoms with van der Waals surface area (Å²) in [5, 5.41) is 8.77. The lowest BCUT2D eigenvalue weighted by atomic mass is 10.3. The smallest absolute Gasteiger partial charge is 0.191 e. The molecule has 0 aliphatic carbocycles. The molecule has 136 valence electrons. The highest BCUT2D eigenvalue weighted by atomic mass is 32.1. The number of aliphatic imine (C=N–C) groups is 1. The molecule has 0 spiro atoms. The van der Waals surface area contributed by atoms with E-state index in [1.54, 1.807) is 17.5 Å². The third kappa shape index (κ3) is 4.92. The predicted octanol–water partition coefficient (Wildman–Crippen LogP) is 2.94. The number of nitrogens with zero attached hydrogens (tertiary/aromatic N) is 4. The van der Waals surface area contributed by atoms with Crippen LogP contribution in [-0.4, -0.2) is 33.6 Å². The lowest BCUT2D eigenvalue weighted by molar-refractivity contribution is 0.804. The fourth-order valence-corrected chi connectivity index (χ4v) is 3.25. The summed E-state index contributed by atoms with van der Waals surface area (Å²) >= 11 is 1.78. The van der Waals surface area contributed by atoms with Crippen molar-refractivity contribution in [2.75, 3.05) is 13.1 Å². The molecule has 3 aromatic heterocycles. The molecule has 3 rings (SSSR count). The van der Waals surface area contributed by atoms with E-state index in [0.29, 0.717) is 6.54 Å². The van der Waals surface area contributed by atoms with Crippen LogP contribution in [0.1, 0.15) is 23.2 Å². The van der Waals surface area contributed by atoms with Crippen molar-refractivity contribution in [1.29, 1.82) is 0 Å². The molecule has 0 radical (unpaired) electrons. The first kappa shape index (κ1) is 18.1. The van der Waals surface area contributed by atoms with Gasteiger partial charge >= 0.3 is 0 Å². The van der Waals surface area contributed by atoms with Gasteiger partial charge in [-0.2, -0.15) is 0 Å². The van der Waals surface area contributed by atoms with Crippen LogP contribution in [0, 0.1) is 6.92 Å². The van der Waals surface area contributed by atoms with E-state index in [0.717, 1.165) is 42.7 Å². The van der Waals surface area contributed by atoms with Gasteiger partial charge in [-0.25, -0.2) is 15.0 Å². The number of hydrogen-bond acceptors (Lipinski definition) is 4. The normalized spacial score (nSPS) is 11.5. The Kier molecular flexibility index (Phi) is 6.38. The van der Waals surface area contributed by atoms with Crippen LogP contribution in [0.2, 0.25) is 0 Å². The largest absolute Gasteiger partial charge is 0.357 e. The van der Waals surface area contributed by atoms with Crippen LogP contribution in [0.5, 0.6) is 0 Å². The molecule has 0 amide bonds. The summed E-state index contributed by atoms with van der Waals surface area (Å²) in [6, 6.07) is 8.30. The minimum Gasteiger partial charge on any atom is -0.357 e. The molecule has 7 heteroatoms. The third-order valence-corrected chi connectivity index (χ3v) is 4.83. The molecule has 26 heavy (non-hydrogen) atoms. The number of guanidine groups is 1. The number of rotatable bonds is 7. The molecule has 0 bridgehead atoms. The molecule has 0 aromatic carbocycles. The van der Waals surface area contributed by atoms with Gasteiger partial charge in [-0.1, -0.05) is 12.1 Å². The Morgan fingerprint density at radius 2 is 2.15 bits per heavy atom. The maximum atomic E-state index is 4.65. The number of nitrogens with one attached hydrogen (secondary N) is 2. The van der Waals surface area contributed by atoms with Crippen molar-refractivity contribution in [2.24, 2.45) is 4.99 Å². The van der Waals surface area contributed by atoms with Crippen LogP contribution < -0.4 is 10.6 Å². The van der Waals surface area contributed by atoms with Gasteiger partial charge in [-0.15, -0.1) is 11.3 Å². The van der Waals surface area contributed by atoms with E-state index in [9.17, 15) is 0 Å². The number of imidazole rings is 1. The summed E-state index contributed by atoms with van der Waals surface area (Å²) in [7, 11) is 0. The summed E-state index contributed by atoms with van der Waals surface area (Å²) in [6.07, 6.45) is 6.56. The van der Waals surface area contributed by atoms with Gasteiger partial charge in [0, 0.05) is 36.6 Å². The molecule has 0 atom stereocenters. The van der Waals surface area contributed by atoms with E-state index in [-0.39, 0.29) is 0 Å². The maximum absolute atomic E-state index is 4.65. The van der Waals surface area contributed by atoms with E-state index in [1.165, 1.54) is 4.88 Å². The monoisotopic (exact) mass is 368 g/mol. The fourth-order valence-electron chi connectivity index (χ4n) is 2.54. The average molecular weight is 369 g/mol. The highest BCUT2D eigenvalue weighted by Gasteiger charge is 2.03. The lowest BCUT2D eigenvalue weighted by Crippen LogP contribution is -2.38. The number of aryl methyl sites for hydroxylation is 1. The summed E-state index contributed by atoms with van der Waals surface area (Å²) in [5.41, 5.74) is 1.07. The zero-order chi connectivity index (χ0) is 18.2. The van der Waals surface area contributed by atoms with Crippen LogP contribution in [0.4, 0.5) is 0 Å². The molecule has 2 N–H and O–H groups in total. The SMILES string of the molecule is CCNC(=NCc1ccc(-n2ccnc2C)nc1)NCCc1cccs1. The highest BCUT2D eigenvalue weighted by Crippen LogP contribution is 2.09. The summed E-state index contributed by atoms with van der Waals surface area (Å²) < 4.78 is 1.96. The van der Waals surface area contributed by atoms with Crippen LogP contribution in [-0.2, 0) is 13.0 Å². The van der Waals surface area contributed by atoms with Crippen LogP contribution in [0.3, 0.4) is 0 Å². The molecule has 6 nitrogen and oxygen atoms in total. The second-order valence-electron chi connectivity index (χ2n) is 5.82. The molecule has 0 saturated carbocycles. The Bertz CT molecular complexity index is 820. The zero-order valence-corrected chi connectivity index (χ0v) is 16.0. The summed E-state index contributed by atoms with van der Waals surface area (Å²) in [4.78, 5) is 14.8. The van der Waals surface area contributed by atoms with Crippen LogP contribution >= 0.6 is 11.3 Å². The number of pyridine rings is 1. The Hall–Kier alpha value is -2.67. The standard InChI is InChI=1S/C19H24N6S/c1-3-20-19(22-9-8-17-5-4-12-26-17)24-14-16-6-7-18(23-13-16)25-11-10-21-15(25)2/h4-7,10-13H,3,8-9,14H2,1-2H3,(H2,20,22,24). The van der Waals surface area contributed by atoms with E-state index in [4.69, 9.17) is 0 Å². The molecular formula is C19H24N6S. The Morgan fingerprint density at radius 3 is 2.81 bits per heavy atom. The highest BCUT2D eigenvalue weighted by molar-refractivity contribution is 7.09. The van der Waals surface area contributed by atoms with Crippen molar-refractivity contribution in [1.82, 2.24) is 25.2 Å². The predicted molar refractivity (Wildman–Crippen MR) is 107 cm³/mol. The molecule has 0 aliphatic heterocycles. The first-order chi connectivity index (χ1) is 12.8. The number of aromatic nitrogens is 3. The Balaban J connectivity index is 1.57. The van der Waals surface area contributed by atoms with Gasteiger partial charge < -0.3 is 10.6 Å². The van der Waals surface area contributed by atoms with Crippen molar-refractivity contribution in [2.45, 2.75) is 26.8 Å². The Morgan fingerprint density at radius 1 is 1.23 bits per heavy atom. The molecule has 3 aromatic rings. The van der Waals surface area contributed by atoms with Crippen LogP contribution in [0.25, 0.3) is 5.82 Å². The molecule has 0 aliphatic rings. The number of hydrogen-bond donors (Lipinski definition) is 2. The lowest BCUT2D eigenvalue weighted by Gasteiger charge is -2.11. The van der Waals surface area contributed by atoms with E-state index >= 15 is 0 Å². The quantitative estimate of drug-likeness (QED) is 0.497. The topological polar surface area (TPSA) is 67.1 Å². The summed E-state index contributed by atoms with van der Waals surface area (Å²) in [6.45, 7) is 6.32. The van der Waals surface area contributed by atoms with E-state index < -0.39 is 0 Å². The van der Waals surface area contributed by atoms with Crippen molar-refractivity contribution in [3.63, 3.8) is 0 Å². The molecule has 0 saturated heterocycles. The van der Waals surface area contributed by atoms with Gasteiger partial charge in [0.05, 0.1) is 6.54 Å². The van der Waals surface area contributed by atoms with E-state index in [1.807, 2.05) is 30.0 Å². The van der Waals surface area contributed by atoms with Crippen molar-refractivity contribution < 1.29 is 0 Å². The van der Waals surface area contributed by atoms with E-state index in [2.05, 4.69) is 56.1 Å². The first-order valence-electron chi connectivity index (χ1n) is 8.76. The average Bonchev–Trinajstić information content (AvgIpc) is 3.32. The van der Waals surface area contributed by atoms with Gasteiger partial charge in [0.1, 0.15) is 11.6 Å². The van der Waals surface area contributed by atoms with Gasteiger partial charge in [0.25, 0.3) is 0 Å². The molecule has 0 fully saturated rings. The van der Waals surface area contributed by atoms with Gasteiger partial charge in [0.2, 0.25) is 0 Å². The van der Waals surface area contributed by atoms with Gasteiger partial charge in [0.15, 0.2) is 5.96 Å². The van der Waals surface area contributed by atoms with Crippen LogP contribution in [0.15, 0.2) is 53.2 Å². The Labute approximate surface area is 158 Å². The van der Waals surface area contributed by atoms with Crippen molar-refractivity contribution in [3.8, 4) is 5.82 Å². The minimum absolute atomic E-state index is 0.588. The minimum atomic E-state index is 0.588. The number of thiophene rings is 1. The fraction of sp³-hybridized carbons (Fsp3) is 0.316. The van der Waals surface area contributed by atoms with Crippen molar-refractivity contribution >= 4 is 17.3 Å². The third-order valence-electron chi connectivity index (χ3n) is 3.89. The van der Waals surface area contributed by atoms with Gasteiger partial charge in [-0.3, -0.25) is 4.57 Å². The molecule has 0 unspecified atom stereocenters. The second kappa shape index (κ2) is 9.15. The first-order valence-corrected chi connectivity index (χ1v) is 9.64. The summed E-state index contributed by atoms with van der Waals surface area (Å²) in [5.74, 6) is 2.62. The van der Waals surface area contributed by atoms with Gasteiger partial charge in [-0.05, 0) is 43.3 Å². The zero-order valence-electron chi connectivity index (χ0n) is 15.1.